The van der Waals surface area contributed by atoms with E-state index in [1.807, 2.05) is 6.92 Å². The van der Waals surface area contributed by atoms with Crippen LogP contribution < -0.4 is 4.72 Å². The summed E-state index contributed by atoms with van der Waals surface area (Å²) in [6.45, 7) is 3.05. The molecule has 21 heavy (non-hydrogen) atoms. The van der Waals surface area contributed by atoms with Crippen LogP contribution in [-0.4, -0.2) is 40.9 Å². The molecule has 0 aliphatic carbocycles. The second-order valence-electron chi connectivity index (χ2n) is 5.05. The maximum atomic E-state index is 12.5. The molecule has 0 aromatic heterocycles. The molecule has 1 unspecified atom stereocenters. The van der Waals surface area contributed by atoms with Crippen LogP contribution in [-0.2, 0) is 19.5 Å². The minimum Gasteiger partial charge on any atom is -0.378 e. The van der Waals surface area contributed by atoms with E-state index in [-0.39, 0.29) is 11.4 Å². The molecule has 0 amide bonds. The number of nitrogens with one attached hydrogen (secondary N) is 1. The first-order valence-corrected chi connectivity index (χ1v) is 9.45. The van der Waals surface area contributed by atoms with Crippen molar-refractivity contribution in [2.45, 2.75) is 23.8 Å². The first-order valence-electron chi connectivity index (χ1n) is 6.38. The molecule has 5 nitrogen and oxygen atoms in total. The monoisotopic (exact) mass is 441 g/mol. The van der Waals surface area contributed by atoms with E-state index in [0.717, 1.165) is 10.0 Å². The predicted octanol–water partition coefficient (Wildman–Crippen LogP) is 2.60. The maximum absolute atomic E-state index is 12.5. The Morgan fingerprint density at radius 3 is 2.67 bits per heavy atom. The summed E-state index contributed by atoms with van der Waals surface area (Å²) in [6.07, 6.45) is 0.671. The Balaban J connectivity index is 2.21. The topological polar surface area (TPSA) is 64.6 Å². The second-order valence-corrected chi connectivity index (χ2v) is 8.49. The summed E-state index contributed by atoms with van der Waals surface area (Å²) in [7, 11) is -2.06. The van der Waals surface area contributed by atoms with Gasteiger partial charge in [-0.15, -0.1) is 0 Å². The molecule has 1 fully saturated rings. The highest BCUT2D eigenvalue weighted by Crippen LogP contribution is 2.29. The number of hydrogen-bond donors (Lipinski definition) is 1. The van der Waals surface area contributed by atoms with E-state index < -0.39 is 15.6 Å². The van der Waals surface area contributed by atoms with Crippen molar-refractivity contribution in [3.8, 4) is 0 Å². The summed E-state index contributed by atoms with van der Waals surface area (Å²) in [5.41, 5.74) is 0.375. The number of aryl methyl sites for hydroxylation is 1. The van der Waals surface area contributed by atoms with Crippen molar-refractivity contribution in [3.63, 3.8) is 0 Å². The van der Waals surface area contributed by atoms with E-state index in [2.05, 4.69) is 36.6 Å². The average Bonchev–Trinajstić information content (AvgIpc) is 2.90. The number of ether oxygens (including phenoxy) is 2. The van der Waals surface area contributed by atoms with E-state index in [9.17, 15) is 8.42 Å². The lowest BCUT2D eigenvalue weighted by molar-refractivity contribution is -0.0120. The van der Waals surface area contributed by atoms with Gasteiger partial charge >= 0.3 is 0 Å². The van der Waals surface area contributed by atoms with Gasteiger partial charge < -0.3 is 9.47 Å². The molecule has 0 spiro atoms. The molecule has 118 valence electrons. The highest BCUT2D eigenvalue weighted by atomic mass is 79.9. The van der Waals surface area contributed by atoms with Gasteiger partial charge in [-0.3, -0.25) is 0 Å². The smallest absolute Gasteiger partial charge is 0.241 e. The third-order valence-corrected chi connectivity index (χ3v) is 6.80. The summed E-state index contributed by atoms with van der Waals surface area (Å²) in [5.74, 6) is 0. The molecule has 1 heterocycles. The molecular formula is C13H17Br2NO4S. The van der Waals surface area contributed by atoms with E-state index >= 15 is 0 Å². The summed E-state index contributed by atoms with van der Waals surface area (Å²) in [6, 6.07) is 3.36. The fourth-order valence-electron chi connectivity index (χ4n) is 2.10. The zero-order chi connectivity index (χ0) is 15.7. The zero-order valence-corrected chi connectivity index (χ0v) is 15.8. The van der Waals surface area contributed by atoms with E-state index in [1.54, 1.807) is 19.2 Å². The SMILES string of the molecule is COC1(CNS(=O)(=O)c2cc(Br)c(C)cc2Br)CCOC1. The van der Waals surface area contributed by atoms with Crippen LogP contribution in [0.25, 0.3) is 0 Å². The van der Waals surface area contributed by atoms with Gasteiger partial charge in [-0.05, 0) is 40.5 Å². The van der Waals surface area contributed by atoms with Gasteiger partial charge in [-0.1, -0.05) is 15.9 Å². The Bertz CT molecular complexity index is 627. The molecule has 1 aromatic carbocycles. The summed E-state index contributed by atoms with van der Waals surface area (Å²) < 4.78 is 39.6. The highest BCUT2D eigenvalue weighted by Gasteiger charge is 2.36. The van der Waals surface area contributed by atoms with Crippen LogP contribution in [0.15, 0.2) is 26.0 Å². The van der Waals surface area contributed by atoms with Crippen LogP contribution in [0.2, 0.25) is 0 Å². The molecule has 1 aromatic rings. The van der Waals surface area contributed by atoms with Gasteiger partial charge in [-0.2, -0.15) is 0 Å². The van der Waals surface area contributed by atoms with E-state index in [4.69, 9.17) is 9.47 Å². The van der Waals surface area contributed by atoms with Crippen LogP contribution in [0.3, 0.4) is 0 Å². The van der Waals surface area contributed by atoms with Crippen LogP contribution in [0, 0.1) is 6.92 Å². The Kier molecular flexibility index (Phi) is 5.49. The third-order valence-electron chi connectivity index (χ3n) is 3.59. The lowest BCUT2D eigenvalue weighted by Crippen LogP contribution is -2.45. The Morgan fingerprint density at radius 1 is 1.38 bits per heavy atom. The normalized spacial score (nSPS) is 22.7. The van der Waals surface area contributed by atoms with Gasteiger partial charge in [0, 0.05) is 35.6 Å². The number of hydrogen-bond acceptors (Lipinski definition) is 4. The Hall–Kier alpha value is 0.01000. The lowest BCUT2D eigenvalue weighted by atomic mass is 10.0. The first-order chi connectivity index (χ1) is 9.80. The molecule has 1 saturated heterocycles. The summed E-state index contributed by atoms with van der Waals surface area (Å²) in [5, 5.41) is 0. The van der Waals surface area contributed by atoms with Crippen molar-refractivity contribution in [1.82, 2.24) is 4.72 Å². The first kappa shape index (κ1) is 17.4. The van der Waals surface area contributed by atoms with Crippen LogP contribution >= 0.6 is 31.9 Å². The minimum absolute atomic E-state index is 0.184. The third kappa shape index (κ3) is 3.86. The molecule has 1 N–H and O–H groups in total. The standard InChI is InChI=1S/C13H17Br2NO4S/c1-9-5-11(15)12(6-10(9)14)21(17,18)16-7-13(19-2)3-4-20-8-13/h5-6,16H,3-4,7-8H2,1-2H3. The molecule has 0 saturated carbocycles. The van der Waals surface area contributed by atoms with Gasteiger partial charge in [0.1, 0.15) is 5.60 Å². The molecular weight excluding hydrogens is 426 g/mol. The number of methoxy groups -OCH3 is 1. The molecule has 1 aliphatic heterocycles. The molecule has 1 aliphatic rings. The number of sulfonamides is 1. The van der Waals surface area contributed by atoms with Gasteiger partial charge in [0.2, 0.25) is 10.0 Å². The fourth-order valence-corrected chi connectivity index (χ4v) is 4.89. The molecule has 1 atom stereocenters. The quantitative estimate of drug-likeness (QED) is 0.761. The lowest BCUT2D eigenvalue weighted by Gasteiger charge is -2.26. The van der Waals surface area contributed by atoms with Gasteiger partial charge in [-0.25, -0.2) is 13.1 Å². The molecule has 8 heteroatoms. The van der Waals surface area contributed by atoms with Crippen molar-refractivity contribution in [2.24, 2.45) is 0 Å². The van der Waals surface area contributed by atoms with E-state index in [0.29, 0.717) is 24.1 Å². The van der Waals surface area contributed by atoms with Gasteiger partial charge in [0.25, 0.3) is 0 Å². The van der Waals surface area contributed by atoms with Crippen molar-refractivity contribution in [2.75, 3.05) is 26.9 Å². The van der Waals surface area contributed by atoms with Crippen molar-refractivity contribution in [1.29, 1.82) is 0 Å². The number of benzene rings is 1. The number of rotatable bonds is 5. The highest BCUT2D eigenvalue weighted by molar-refractivity contribution is 9.11. The minimum atomic E-state index is -3.63. The van der Waals surface area contributed by atoms with Crippen LogP contribution in [0.4, 0.5) is 0 Å². The van der Waals surface area contributed by atoms with Crippen molar-refractivity contribution >= 4 is 41.9 Å². The van der Waals surface area contributed by atoms with Gasteiger partial charge in [0.15, 0.2) is 0 Å². The van der Waals surface area contributed by atoms with E-state index in [1.165, 1.54) is 0 Å². The second kappa shape index (κ2) is 6.64. The summed E-state index contributed by atoms with van der Waals surface area (Å²) in [4.78, 5) is 0.199. The van der Waals surface area contributed by atoms with Crippen LogP contribution in [0.1, 0.15) is 12.0 Å². The fraction of sp³-hybridized carbons (Fsp3) is 0.538. The van der Waals surface area contributed by atoms with Crippen LogP contribution in [0.5, 0.6) is 0 Å². The Labute approximate surface area is 141 Å². The van der Waals surface area contributed by atoms with Crippen molar-refractivity contribution < 1.29 is 17.9 Å². The zero-order valence-electron chi connectivity index (χ0n) is 11.8. The summed E-state index contributed by atoms with van der Waals surface area (Å²) >= 11 is 6.66. The molecule has 0 radical (unpaired) electrons. The predicted molar refractivity (Wildman–Crippen MR) is 86.9 cm³/mol. The Morgan fingerprint density at radius 2 is 2.10 bits per heavy atom. The van der Waals surface area contributed by atoms with Gasteiger partial charge in [0.05, 0.1) is 11.5 Å². The molecule has 2 rings (SSSR count). The molecule has 0 bridgehead atoms. The maximum Gasteiger partial charge on any atom is 0.241 e. The average molecular weight is 443 g/mol. The largest absolute Gasteiger partial charge is 0.378 e. The number of halogens is 2. The van der Waals surface area contributed by atoms with Crippen molar-refractivity contribution in [3.05, 3.63) is 26.6 Å².